The van der Waals surface area contributed by atoms with Gasteiger partial charge in [-0.05, 0) is 31.0 Å². The van der Waals surface area contributed by atoms with Crippen molar-refractivity contribution in [1.82, 2.24) is 4.98 Å². The molecule has 3 heteroatoms. The van der Waals surface area contributed by atoms with Crippen molar-refractivity contribution in [1.29, 1.82) is 0 Å². The van der Waals surface area contributed by atoms with Crippen LogP contribution in [0.3, 0.4) is 0 Å². The number of nitrogens with one attached hydrogen (secondary N) is 1. The molecule has 16 heavy (non-hydrogen) atoms. The highest BCUT2D eigenvalue weighted by Crippen LogP contribution is 2.33. The molecule has 1 atom stereocenters. The van der Waals surface area contributed by atoms with E-state index in [9.17, 15) is 0 Å². The minimum Gasteiger partial charge on any atom is -0.495 e. The molecule has 0 saturated carbocycles. The molecular weight excluding hydrogens is 200 g/mol. The standard InChI is InChI=1S/C13H18N2O/c1-8(7-14)12-9(2)15-13-10(12)5-4-6-11(13)16-3/h4-6,8,15H,7,14H2,1-3H3. The van der Waals surface area contributed by atoms with Crippen LogP contribution in [0.25, 0.3) is 10.9 Å². The average molecular weight is 218 g/mol. The van der Waals surface area contributed by atoms with Gasteiger partial charge >= 0.3 is 0 Å². The monoisotopic (exact) mass is 218 g/mol. The maximum atomic E-state index is 5.75. The number of benzene rings is 1. The Hall–Kier alpha value is -1.48. The Labute approximate surface area is 95.6 Å². The van der Waals surface area contributed by atoms with Crippen LogP contribution in [0.15, 0.2) is 18.2 Å². The number of para-hydroxylation sites is 1. The van der Waals surface area contributed by atoms with E-state index < -0.39 is 0 Å². The van der Waals surface area contributed by atoms with Crippen molar-refractivity contribution in [3.05, 3.63) is 29.5 Å². The van der Waals surface area contributed by atoms with E-state index in [1.807, 2.05) is 12.1 Å². The van der Waals surface area contributed by atoms with E-state index in [2.05, 4.69) is 24.9 Å². The normalized spacial score (nSPS) is 13.0. The minimum atomic E-state index is 0.362. The Morgan fingerprint density at radius 2 is 2.19 bits per heavy atom. The number of rotatable bonds is 3. The highest BCUT2D eigenvalue weighted by Gasteiger charge is 2.15. The summed E-state index contributed by atoms with van der Waals surface area (Å²) in [5.74, 6) is 1.25. The lowest BCUT2D eigenvalue weighted by Crippen LogP contribution is -2.09. The smallest absolute Gasteiger partial charge is 0.142 e. The lowest BCUT2D eigenvalue weighted by molar-refractivity contribution is 0.419. The highest BCUT2D eigenvalue weighted by atomic mass is 16.5. The molecule has 2 aromatic rings. The van der Waals surface area contributed by atoms with Crippen molar-refractivity contribution in [2.75, 3.05) is 13.7 Å². The topological polar surface area (TPSA) is 51.0 Å². The van der Waals surface area contributed by atoms with Gasteiger partial charge in [0.1, 0.15) is 5.75 Å². The second-order valence-corrected chi connectivity index (χ2v) is 4.18. The summed E-state index contributed by atoms with van der Waals surface area (Å²) in [5.41, 5.74) is 9.30. The number of methoxy groups -OCH3 is 1. The van der Waals surface area contributed by atoms with Crippen molar-refractivity contribution in [2.45, 2.75) is 19.8 Å². The number of nitrogens with two attached hydrogens (primary N) is 1. The molecule has 1 unspecified atom stereocenters. The summed E-state index contributed by atoms with van der Waals surface area (Å²) < 4.78 is 5.35. The van der Waals surface area contributed by atoms with E-state index in [-0.39, 0.29) is 0 Å². The van der Waals surface area contributed by atoms with E-state index in [1.165, 1.54) is 16.6 Å². The molecule has 86 valence electrons. The van der Waals surface area contributed by atoms with Crippen molar-refractivity contribution < 1.29 is 4.74 Å². The van der Waals surface area contributed by atoms with Crippen LogP contribution in [-0.2, 0) is 0 Å². The molecule has 0 bridgehead atoms. The molecule has 0 aliphatic rings. The summed E-state index contributed by atoms with van der Waals surface area (Å²) in [7, 11) is 1.69. The summed E-state index contributed by atoms with van der Waals surface area (Å²) in [6.45, 7) is 4.89. The van der Waals surface area contributed by atoms with Crippen LogP contribution in [0.4, 0.5) is 0 Å². The summed E-state index contributed by atoms with van der Waals surface area (Å²) >= 11 is 0. The Kier molecular flexibility index (Phi) is 2.88. The zero-order valence-electron chi connectivity index (χ0n) is 10.0. The van der Waals surface area contributed by atoms with Crippen molar-refractivity contribution in [3.63, 3.8) is 0 Å². The van der Waals surface area contributed by atoms with Gasteiger partial charge in [0, 0.05) is 11.1 Å². The second-order valence-electron chi connectivity index (χ2n) is 4.18. The number of H-pyrrole nitrogens is 1. The van der Waals surface area contributed by atoms with E-state index in [1.54, 1.807) is 7.11 Å². The van der Waals surface area contributed by atoms with Crippen LogP contribution in [0.5, 0.6) is 5.75 Å². The predicted octanol–water partition coefficient (Wildman–Crippen LogP) is 2.55. The fourth-order valence-corrected chi connectivity index (χ4v) is 2.26. The molecule has 2 rings (SSSR count). The quantitative estimate of drug-likeness (QED) is 0.831. The fraction of sp³-hybridized carbons (Fsp3) is 0.385. The summed E-state index contributed by atoms with van der Waals surface area (Å²) in [6.07, 6.45) is 0. The largest absolute Gasteiger partial charge is 0.495 e. The van der Waals surface area contributed by atoms with Gasteiger partial charge < -0.3 is 15.5 Å². The number of aryl methyl sites for hydroxylation is 1. The molecule has 0 aliphatic carbocycles. The maximum absolute atomic E-state index is 5.75. The molecule has 1 aromatic carbocycles. The molecule has 0 saturated heterocycles. The van der Waals surface area contributed by atoms with E-state index in [0.29, 0.717) is 12.5 Å². The summed E-state index contributed by atoms with van der Waals surface area (Å²) in [4.78, 5) is 3.38. The third kappa shape index (κ3) is 1.57. The molecule has 1 aromatic heterocycles. The van der Waals surface area contributed by atoms with E-state index >= 15 is 0 Å². The molecule has 0 amide bonds. The first kappa shape index (κ1) is 11.0. The molecule has 0 radical (unpaired) electrons. The van der Waals surface area contributed by atoms with Crippen LogP contribution in [0, 0.1) is 6.92 Å². The van der Waals surface area contributed by atoms with Crippen LogP contribution in [0.2, 0.25) is 0 Å². The van der Waals surface area contributed by atoms with Crippen LogP contribution >= 0.6 is 0 Å². The van der Waals surface area contributed by atoms with Crippen molar-refractivity contribution in [3.8, 4) is 5.75 Å². The van der Waals surface area contributed by atoms with Gasteiger partial charge in [0.25, 0.3) is 0 Å². The van der Waals surface area contributed by atoms with Gasteiger partial charge in [0.05, 0.1) is 12.6 Å². The molecule has 0 aliphatic heterocycles. The molecule has 1 heterocycles. The zero-order valence-corrected chi connectivity index (χ0v) is 10.0. The SMILES string of the molecule is COc1cccc2c(C(C)CN)c(C)[nH]c12. The van der Waals surface area contributed by atoms with Gasteiger partial charge in [-0.1, -0.05) is 19.1 Å². The molecule has 3 nitrogen and oxygen atoms in total. The van der Waals surface area contributed by atoms with Gasteiger partial charge in [-0.25, -0.2) is 0 Å². The third-order valence-corrected chi connectivity index (χ3v) is 3.10. The van der Waals surface area contributed by atoms with Crippen molar-refractivity contribution in [2.24, 2.45) is 5.73 Å². The number of aromatic amines is 1. The lowest BCUT2D eigenvalue weighted by Gasteiger charge is -2.09. The number of hydrogen-bond acceptors (Lipinski definition) is 2. The first-order valence-corrected chi connectivity index (χ1v) is 5.54. The predicted molar refractivity (Wildman–Crippen MR) is 67.1 cm³/mol. The van der Waals surface area contributed by atoms with Crippen LogP contribution < -0.4 is 10.5 Å². The van der Waals surface area contributed by atoms with Gasteiger partial charge in [-0.3, -0.25) is 0 Å². The van der Waals surface area contributed by atoms with E-state index in [0.717, 1.165) is 11.3 Å². The summed E-state index contributed by atoms with van der Waals surface area (Å²) in [6, 6.07) is 6.10. The molecule has 0 spiro atoms. The van der Waals surface area contributed by atoms with Crippen LogP contribution in [-0.4, -0.2) is 18.6 Å². The van der Waals surface area contributed by atoms with Gasteiger partial charge in [-0.15, -0.1) is 0 Å². The van der Waals surface area contributed by atoms with E-state index in [4.69, 9.17) is 10.5 Å². The van der Waals surface area contributed by atoms with Crippen molar-refractivity contribution >= 4 is 10.9 Å². The number of ether oxygens (including phenoxy) is 1. The number of fused-ring (bicyclic) bond motifs is 1. The first-order valence-electron chi connectivity index (χ1n) is 5.54. The molecular formula is C13H18N2O. The Morgan fingerprint density at radius 3 is 2.81 bits per heavy atom. The summed E-state index contributed by atoms with van der Waals surface area (Å²) in [5, 5.41) is 1.22. The Morgan fingerprint density at radius 1 is 1.44 bits per heavy atom. The van der Waals surface area contributed by atoms with Gasteiger partial charge in [0.2, 0.25) is 0 Å². The fourth-order valence-electron chi connectivity index (χ4n) is 2.26. The molecule has 0 fully saturated rings. The van der Waals surface area contributed by atoms with Crippen LogP contribution in [0.1, 0.15) is 24.1 Å². The zero-order chi connectivity index (χ0) is 11.7. The average Bonchev–Trinajstić information content (AvgIpc) is 2.63. The highest BCUT2D eigenvalue weighted by molar-refractivity contribution is 5.90. The van der Waals surface area contributed by atoms with Gasteiger partial charge in [0.15, 0.2) is 0 Å². The Bertz CT molecular complexity index is 502. The third-order valence-electron chi connectivity index (χ3n) is 3.10. The number of aromatic nitrogens is 1. The van der Waals surface area contributed by atoms with Gasteiger partial charge in [-0.2, -0.15) is 0 Å². The lowest BCUT2D eigenvalue weighted by atomic mass is 9.98. The first-order chi connectivity index (χ1) is 7.69. The Balaban J connectivity index is 2.71. The second kappa shape index (κ2) is 4.18. The maximum Gasteiger partial charge on any atom is 0.142 e. The minimum absolute atomic E-state index is 0.362. The molecule has 3 N–H and O–H groups in total. The number of hydrogen-bond donors (Lipinski definition) is 2.